The Bertz CT molecular complexity index is 508. The Morgan fingerprint density at radius 1 is 1.06 bits per heavy atom. The van der Waals surface area contributed by atoms with Gasteiger partial charge >= 0.3 is 93.6 Å². The molecule has 0 amide bonds. The molecule has 0 saturated heterocycles. The van der Waals surface area contributed by atoms with Crippen molar-refractivity contribution in [1.82, 2.24) is 4.98 Å². The second-order valence-electron chi connectivity index (χ2n) is 10.0. The second-order valence-corrected chi connectivity index (χ2v) is 50.4. The van der Waals surface area contributed by atoms with Gasteiger partial charge in [0, 0.05) is 0 Å². The number of H-pyrrole nitrogens is 1. The summed E-state index contributed by atoms with van der Waals surface area (Å²) in [6, 6.07) is 4.38. The minimum atomic E-state index is -3.92. The molecule has 1 heterocycles. The molecule has 1 aliphatic carbocycles. The molecule has 105 valence electrons. The maximum absolute atomic E-state index is 3.92. The standard InChI is InChI=1S/C5H5.C4H4N.5CH3.2ClH.Zr/c2*1-2-4-5-3-1;;;;;;;;/h1-3H,4H2;1-3,5H;5*1H3;2*1H;. The molecule has 2 rings (SSSR count). The molecule has 0 spiro atoms. The molecular formula is C14H26Cl2NZr. The van der Waals surface area contributed by atoms with Gasteiger partial charge in [-0.3, -0.25) is 0 Å². The zero-order valence-electron chi connectivity index (χ0n) is 12.0. The van der Waals surface area contributed by atoms with Crippen molar-refractivity contribution >= 4 is 28.2 Å². The normalized spacial score (nSPS) is 20.5. The van der Waals surface area contributed by atoms with E-state index in [1.54, 1.807) is 3.28 Å². The van der Waals surface area contributed by atoms with Crippen molar-refractivity contribution in [1.29, 1.82) is 0 Å². The number of nitrogens with one attached hydrogen (secondary N) is 1. The molecule has 0 atom stereocenters. The molecule has 0 aromatic carbocycles. The van der Waals surface area contributed by atoms with Crippen molar-refractivity contribution in [2.45, 2.75) is 29.6 Å². The molecule has 0 unspecified atom stereocenters. The number of halogens is 2. The first kappa shape index (κ1) is 18.2. The SMILES string of the molecule is Cl.Cl.[CH3][Zr]([CH3])([CH3])([CH3])([CH3])([C]1=CC=CC1)[c]1ccc[nH]1. The quantitative estimate of drug-likeness (QED) is 0.724. The molecule has 1 aliphatic rings. The van der Waals surface area contributed by atoms with E-state index >= 15 is 0 Å². The summed E-state index contributed by atoms with van der Waals surface area (Å²) < 4.78 is 15.6. The molecule has 18 heavy (non-hydrogen) atoms. The zero-order valence-corrected chi connectivity index (χ0v) is 16.1. The van der Waals surface area contributed by atoms with E-state index in [0.29, 0.717) is 0 Å². The van der Waals surface area contributed by atoms with E-state index < -0.39 is 15.8 Å². The Morgan fingerprint density at radius 2 is 1.67 bits per heavy atom. The Balaban J connectivity index is 0.00000144. The number of hydrogen-bond donors (Lipinski definition) is 1. The first-order valence-electron chi connectivity index (χ1n) is 6.21. The molecule has 4 heteroatoms. The van der Waals surface area contributed by atoms with Gasteiger partial charge in [0.25, 0.3) is 0 Å². The van der Waals surface area contributed by atoms with E-state index in [2.05, 4.69) is 58.5 Å². The summed E-state index contributed by atoms with van der Waals surface area (Å²) in [5.41, 5.74) is 0. The Labute approximate surface area is 118 Å². The molecule has 0 fully saturated rings. The predicted octanol–water partition coefficient (Wildman–Crippen LogP) is 5.33. The molecule has 0 bridgehead atoms. The fraction of sp³-hybridized carbons (Fsp3) is 0.429. The summed E-state index contributed by atoms with van der Waals surface area (Å²) in [6.07, 6.45) is 9.97. The van der Waals surface area contributed by atoms with Crippen LogP contribution >= 0.6 is 24.8 Å². The van der Waals surface area contributed by atoms with Gasteiger partial charge in [0.15, 0.2) is 0 Å². The summed E-state index contributed by atoms with van der Waals surface area (Å²) in [7, 11) is 0. The van der Waals surface area contributed by atoms with Crippen molar-refractivity contribution in [2.75, 3.05) is 0 Å². The van der Waals surface area contributed by atoms with Crippen LogP contribution in [0.4, 0.5) is 0 Å². The van der Waals surface area contributed by atoms with E-state index in [1.165, 1.54) is 3.40 Å². The van der Waals surface area contributed by atoms with E-state index in [4.69, 9.17) is 0 Å². The summed E-state index contributed by atoms with van der Waals surface area (Å²) in [5.74, 6) is 0. The topological polar surface area (TPSA) is 15.8 Å². The molecule has 0 saturated carbocycles. The fourth-order valence-corrected chi connectivity index (χ4v) is 13.9. The van der Waals surface area contributed by atoms with Gasteiger partial charge in [0.1, 0.15) is 0 Å². The van der Waals surface area contributed by atoms with Gasteiger partial charge in [-0.1, -0.05) is 0 Å². The van der Waals surface area contributed by atoms with Gasteiger partial charge < -0.3 is 0 Å². The third kappa shape index (κ3) is 2.57. The van der Waals surface area contributed by atoms with Crippen LogP contribution in [0.1, 0.15) is 6.42 Å². The average Bonchev–Trinajstić information content (AvgIpc) is 2.76. The molecule has 1 nitrogen and oxygen atoms in total. The van der Waals surface area contributed by atoms with Crippen molar-refractivity contribution in [3.8, 4) is 0 Å². The molecule has 1 N–H and O–H groups in total. The molecule has 0 radical (unpaired) electrons. The molecule has 1 aromatic rings. The van der Waals surface area contributed by atoms with Crippen LogP contribution < -0.4 is 3.40 Å². The Hall–Kier alpha value is 0.223. The third-order valence-corrected chi connectivity index (χ3v) is 22.3. The Morgan fingerprint density at radius 3 is 2.06 bits per heavy atom. The number of aromatic amines is 1. The van der Waals surface area contributed by atoms with Crippen molar-refractivity contribution in [2.24, 2.45) is 0 Å². The number of aromatic nitrogens is 1. The van der Waals surface area contributed by atoms with E-state index in [-0.39, 0.29) is 24.8 Å². The van der Waals surface area contributed by atoms with Gasteiger partial charge in [0.2, 0.25) is 0 Å². The van der Waals surface area contributed by atoms with Crippen molar-refractivity contribution in [3.63, 3.8) is 0 Å². The molecular weight excluding hydrogens is 344 g/mol. The first-order chi connectivity index (χ1) is 6.96. The van der Waals surface area contributed by atoms with Crippen LogP contribution in [0.5, 0.6) is 0 Å². The van der Waals surface area contributed by atoms with Gasteiger partial charge in [-0.2, -0.15) is 0 Å². The second kappa shape index (κ2) is 3.65. The minimum absolute atomic E-state index is 0. The number of rotatable bonds is 2. The van der Waals surface area contributed by atoms with Crippen LogP contribution in [0, 0.1) is 0 Å². The first-order valence-corrected chi connectivity index (χ1v) is 21.0. The molecule has 0 aliphatic heterocycles. The third-order valence-electron chi connectivity index (χ3n) is 4.62. The van der Waals surface area contributed by atoms with Crippen molar-refractivity contribution < 1.29 is 15.8 Å². The monoisotopic (exact) mass is 368 g/mol. The number of hydrogen-bond acceptors (Lipinski definition) is 0. The van der Waals surface area contributed by atoms with Gasteiger partial charge in [0.05, 0.1) is 0 Å². The summed E-state index contributed by atoms with van der Waals surface area (Å²) in [6.45, 7) is 0. The van der Waals surface area contributed by atoms with Crippen LogP contribution in [-0.2, 0) is 15.8 Å². The van der Waals surface area contributed by atoms with E-state index in [9.17, 15) is 0 Å². The Kier molecular flexibility index (Phi) is 3.70. The zero-order chi connectivity index (χ0) is 12.2. The van der Waals surface area contributed by atoms with Gasteiger partial charge in [-0.15, -0.1) is 24.8 Å². The van der Waals surface area contributed by atoms with Crippen LogP contribution in [0.25, 0.3) is 0 Å². The van der Waals surface area contributed by atoms with Gasteiger partial charge in [-0.25, -0.2) is 0 Å². The summed E-state index contributed by atoms with van der Waals surface area (Å²) in [5, 5.41) is 0. The van der Waals surface area contributed by atoms with E-state index in [1.807, 2.05) is 6.20 Å². The molecule has 1 aromatic heterocycles. The predicted molar refractivity (Wildman–Crippen MR) is 86.1 cm³/mol. The van der Waals surface area contributed by atoms with Gasteiger partial charge in [-0.05, 0) is 0 Å². The van der Waals surface area contributed by atoms with E-state index in [0.717, 1.165) is 6.42 Å². The van der Waals surface area contributed by atoms with Crippen LogP contribution in [0.3, 0.4) is 0 Å². The van der Waals surface area contributed by atoms with Crippen LogP contribution in [-0.4, -0.2) is 4.98 Å². The fourth-order valence-electron chi connectivity index (χ4n) is 2.83. The van der Waals surface area contributed by atoms with Crippen LogP contribution in [0.15, 0.2) is 39.8 Å². The summed E-state index contributed by atoms with van der Waals surface area (Å²) in [4.78, 5) is 3.49. The maximum atomic E-state index is 3.49. The number of allylic oxidation sites excluding steroid dienone is 4. The van der Waals surface area contributed by atoms with Crippen LogP contribution in [0.2, 0.25) is 23.2 Å². The average molecular weight is 370 g/mol. The summed E-state index contributed by atoms with van der Waals surface area (Å²) >= 11 is -3.92. The van der Waals surface area contributed by atoms with Crippen molar-refractivity contribution in [3.05, 3.63) is 39.8 Å².